The highest BCUT2D eigenvalue weighted by Crippen LogP contribution is 2.34. The summed E-state index contributed by atoms with van der Waals surface area (Å²) in [7, 11) is 0. The Morgan fingerprint density at radius 2 is 1.96 bits per heavy atom. The number of halogens is 5. The van der Waals surface area contributed by atoms with Crippen molar-refractivity contribution >= 4 is 40.7 Å². The molecule has 130 valence electrons. The van der Waals surface area contributed by atoms with Gasteiger partial charge >= 0.3 is 6.18 Å². The van der Waals surface area contributed by atoms with Gasteiger partial charge in [0, 0.05) is 12.1 Å². The third-order valence-electron chi connectivity index (χ3n) is 2.88. The van der Waals surface area contributed by atoms with Crippen molar-refractivity contribution in [3.8, 4) is 0 Å². The number of anilines is 3. The van der Waals surface area contributed by atoms with Crippen LogP contribution < -0.4 is 10.6 Å². The lowest BCUT2D eigenvalue weighted by Gasteiger charge is -2.15. The number of benzene rings is 1. The normalized spacial score (nSPS) is 12.8. The number of aromatic nitrogens is 2. The van der Waals surface area contributed by atoms with E-state index in [1.165, 1.54) is 0 Å². The molecule has 1 heterocycles. The lowest BCUT2D eigenvalue weighted by Crippen LogP contribution is -2.22. The summed E-state index contributed by atoms with van der Waals surface area (Å²) < 4.78 is 39.0. The van der Waals surface area contributed by atoms with Crippen LogP contribution in [0, 0.1) is 0 Å². The number of aliphatic hydroxyl groups excluding tert-OH is 1. The van der Waals surface area contributed by atoms with E-state index in [4.69, 9.17) is 28.3 Å². The molecule has 10 heteroatoms. The molecular formula is C14H13Cl2F3N4O. The molecule has 24 heavy (non-hydrogen) atoms. The molecule has 0 amide bonds. The quantitative estimate of drug-likeness (QED) is 0.719. The summed E-state index contributed by atoms with van der Waals surface area (Å²) in [5.41, 5.74) is -0.831. The second-order valence-corrected chi connectivity index (χ2v) is 5.70. The van der Waals surface area contributed by atoms with Gasteiger partial charge in [0.1, 0.15) is 5.82 Å². The zero-order chi connectivity index (χ0) is 17.9. The van der Waals surface area contributed by atoms with Gasteiger partial charge in [-0.2, -0.15) is 18.2 Å². The van der Waals surface area contributed by atoms with E-state index >= 15 is 0 Å². The first kappa shape index (κ1) is 18.6. The predicted octanol–water partition coefficient (Wildman–Crippen LogP) is 4.34. The van der Waals surface area contributed by atoms with Gasteiger partial charge in [-0.1, -0.05) is 29.3 Å². The first-order valence-electron chi connectivity index (χ1n) is 6.75. The van der Waals surface area contributed by atoms with Crippen molar-refractivity contribution in [1.82, 2.24) is 9.97 Å². The Bertz CT molecular complexity index is 728. The van der Waals surface area contributed by atoms with Crippen LogP contribution in [0.3, 0.4) is 0 Å². The molecule has 2 rings (SSSR count). The monoisotopic (exact) mass is 380 g/mol. The topological polar surface area (TPSA) is 70.1 Å². The summed E-state index contributed by atoms with van der Waals surface area (Å²) in [5.74, 6) is -0.388. The fraction of sp³-hybridized carbons (Fsp3) is 0.286. The molecule has 1 aromatic heterocycles. The Hall–Kier alpha value is -1.77. The number of aliphatic hydroxyl groups is 1. The minimum atomic E-state index is -4.66. The van der Waals surface area contributed by atoms with Gasteiger partial charge in [0.15, 0.2) is 5.69 Å². The van der Waals surface area contributed by atoms with E-state index in [0.29, 0.717) is 5.69 Å². The highest BCUT2D eigenvalue weighted by molar-refractivity contribution is 6.43. The van der Waals surface area contributed by atoms with Crippen LogP contribution in [0.5, 0.6) is 0 Å². The summed E-state index contributed by atoms with van der Waals surface area (Å²) in [6, 6.07) is 4.93. The molecule has 1 aromatic carbocycles. The standard InChI is InChI=1S/C14H13Cl2F3N4O/c1-7(6-24)20-13-22-10(14(17,18)19)5-11(23-13)21-9-4-2-3-8(15)12(9)16/h2-5,7,24H,6H2,1H3,(H2,20,21,22,23)/t7-/m0/s1. The van der Waals surface area contributed by atoms with E-state index in [2.05, 4.69) is 20.6 Å². The fourth-order valence-corrected chi connectivity index (χ4v) is 2.07. The van der Waals surface area contributed by atoms with Gasteiger partial charge < -0.3 is 15.7 Å². The number of alkyl halides is 3. The molecule has 0 radical (unpaired) electrons. The van der Waals surface area contributed by atoms with Crippen LogP contribution in [0.2, 0.25) is 10.0 Å². The van der Waals surface area contributed by atoms with Crippen LogP contribution in [-0.4, -0.2) is 27.7 Å². The lowest BCUT2D eigenvalue weighted by molar-refractivity contribution is -0.141. The van der Waals surface area contributed by atoms with Gasteiger partial charge in [-0.25, -0.2) is 4.98 Å². The van der Waals surface area contributed by atoms with Crippen molar-refractivity contribution in [1.29, 1.82) is 0 Å². The molecule has 5 nitrogen and oxygen atoms in total. The number of hydrogen-bond acceptors (Lipinski definition) is 5. The summed E-state index contributed by atoms with van der Waals surface area (Å²) in [5, 5.41) is 14.7. The number of hydrogen-bond donors (Lipinski definition) is 3. The van der Waals surface area contributed by atoms with Crippen LogP contribution in [0.1, 0.15) is 12.6 Å². The molecule has 0 unspecified atom stereocenters. The third kappa shape index (κ3) is 4.62. The van der Waals surface area contributed by atoms with Crippen LogP contribution >= 0.6 is 23.2 Å². The van der Waals surface area contributed by atoms with Crippen molar-refractivity contribution in [2.75, 3.05) is 17.2 Å². The van der Waals surface area contributed by atoms with Crippen LogP contribution in [0.25, 0.3) is 0 Å². The molecule has 0 aliphatic carbocycles. The molecule has 3 N–H and O–H groups in total. The van der Waals surface area contributed by atoms with Crippen molar-refractivity contribution in [3.05, 3.63) is 40.0 Å². The second kappa shape index (κ2) is 7.42. The molecule has 0 saturated heterocycles. The van der Waals surface area contributed by atoms with Crippen molar-refractivity contribution < 1.29 is 18.3 Å². The number of nitrogens with zero attached hydrogens (tertiary/aromatic N) is 2. The molecule has 0 spiro atoms. The third-order valence-corrected chi connectivity index (χ3v) is 3.70. The Labute approximate surface area is 145 Å². The maximum Gasteiger partial charge on any atom is 0.433 e. The van der Waals surface area contributed by atoms with E-state index in [9.17, 15) is 13.2 Å². The van der Waals surface area contributed by atoms with Gasteiger partial charge in [0.2, 0.25) is 5.95 Å². The van der Waals surface area contributed by atoms with Gasteiger partial charge in [-0.05, 0) is 19.1 Å². The Morgan fingerprint density at radius 1 is 1.25 bits per heavy atom. The Kier molecular flexibility index (Phi) is 5.74. The molecule has 2 aromatic rings. The summed E-state index contributed by atoms with van der Waals surface area (Å²) in [4.78, 5) is 7.37. The maximum atomic E-state index is 13.0. The molecule has 1 atom stereocenters. The van der Waals surface area contributed by atoms with Crippen molar-refractivity contribution in [2.24, 2.45) is 0 Å². The van der Waals surface area contributed by atoms with Crippen molar-refractivity contribution in [2.45, 2.75) is 19.1 Å². The minimum absolute atomic E-state index is 0.117. The van der Waals surface area contributed by atoms with E-state index in [1.807, 2.05) is 0 Å². The molecule has 0 bridgehead atoms. The number of rotatable bonds is 5. The van der Waals surface area contributed by atoms with E-state index in [1.54, 1.807) is 25.1 Å². The molecule has 0 aliphatic heterocycles. The SMILES string of the molecule is C[C@@H](CO)Nc1nc(Nc2cccc(Cl)c2Cl)cc(C(F)(F)F)n1. The zero-order valence-corrected chi connectivity index (χ0v) is 13.8. The average Bonchev–Trinajstić information content (AvgIpc) is 2.50. The van der Waals surface area contributed by atoms with E-state index < -0.39 is 17.9 Å². The largest absolute Gasteiger partial charge is 0.433 e. The zero-order valence-electron chi connectivity index (χ0n) is 12.3. The Balaban J connectivity index is 2.41. The summed E-state index contributed by atoms with van der Waals surface area (Å²) in [6.45, 7) is 1.28. The van der Waals surface area contributed by atoms with Gasteiger partial charge in [-0.15, -0.1) is 0 Å². The van der Waals surface area contributed by atoms with Gasteiger partial charge in [0.25, 0.3) is 0 Å². The molecule has 0 aliphatic rings. The Morgan fingerprint density at radius 3 is 2.58 bits per heavy atom. The van der Waals surface area contributed by atoms with E-state index in [0.717, 1.165) is 6.07 Å². The average molecular weight is 381 g/mol. The molecule has 0 fully saturated rings. The number of nitrogens with one attached hydrogen (secondary N) is 2. The smallest absolute Gasteiger partial charge is 0.394 e. The van der Waals surface area contributed by atoms with Crippen LogP contribution in [-0.2, 0) is 6.18 Å². The van der Waals surface area contributed by atoms with Gasteiger partial charge in [0.05, 0.1) is 22.3 Å². The maximum absolute atomic E-state index is 13.0. The lowest BCUT2D eigenvalue weighted by atomic mass is 10.3. The van der Waals surface area contributed by atoms with Crippen LogP contribution in [0.15, 0.2) is 24.3 Å². The second-order valence-electron chi connectivity index (χ2n) is 4.91. The van der Waals surface area contributed by atoms with Gasteiger partial charge in [-0.3, -0.25) is 0 Å². The predicted molar refractivity (Wildman–Crippen MR) is 86.9 cm³/mol. The molecule has 0 saturated carbocycles. The minimum Gasteiger partial charge on any atom is -0.394 e. The molecular weight excluding hydrogens is 368 g/mol. The highest BCUT2D eigenvalue weighted by atomic mass is 35.5. The highest BCUT2D eigenvalue weighted by Gasteiger charge is 2.34. The summed E-state index contributed by atoms with van der Waals surface area (Å²) >= 11 is 11.9. The van der Waals surface area contributed by atoms with Crippen molar-refractivity contribution in [3.63, 3.8) is 0 Å². The first-order chi connectivity index (χ1) is 11.2. The first-order valence-corrected chi connectivity index (χ1v) is 7.51. The summed E-state index contributed by atoms with van der Waals surface area (Å²) in [6.07, 6.45) is -4.66. The van der Waals surface area contributed by atoms with Crippen LogP contribution in [0.4, 0.5) is 30.6 Å². The van der Waals surface area contributed by atoms with E-state index in [-0.39, 0.29) is 28.4 Å². The fourth-order valence-electron chi connectivity index (χ4n) is 1.73.